The van der Waals surface area contributed by atoms with Crippen molar-refractivity contribution in [3.8, 4) is 0 Å². The Morgan fingerprint density at radius 1 is 1.08 bits per heavy atom. The van der Waals surface area contributed by atoms with Gasteiger partial charge in [0.25, 0.3) is 0 Å². The van der Waals surface area contributed by atoms with Gasteiger partial charge >= 0.3 is 0 Å². The Bertz CT molecular complexity index is 450. The summed E-state index contributed by atoms with van der Waals surface area (Å²) in [6, 6.07) is -0.185. The molecule has 6 heteroatoms. The molecule has 0 radical (unpaired) electrons. The van der Waals surface area contributed by atoms with Crippen molar-refractivity contribution in [3.63, 3.8) is 0 Å². The Balaban J connectivity index is 1.99. The van der Waals surface area contributed by atoms with E-state index in [0.717, 1.165) is 25.8 Å². The summed E-state index contributed by atoms with van der Waals surface area (Å²) in [5, 5.41) is 0. The van der Waals surface area contributed by atoms with Crippen LogP contribution in [-0.4, -0.2) is 85.0 Å². The summed E-state index contributed by atoms with van der Waals surface area (Å²) in [5.41, 5.74) is 0. The number of carbonyl (C=O) groups excluding carboxylic acids is 2. The Morgan fingerprint density at radius 2 is 1.75 bits per heavy atom. The topological polar surface area (TPSA) is 53.1 Å². The van der Waals surface area contributed by atoms with Crippen molar-refractivity contribution in [1.82, 2.24) is 14.7 Å². The van der Waals surface area contributed by atoms with Gasteiger partial charge in [-0.2, -0.15) is 0 Å². The molecule has 0 saturated carbocycles. The minimum absolute atomic E-state index is 0.0245. The molecule has 0 N–H and O–H groups in total. The van der Waals surface area contributed by atoms with E-state index in [1.165, 1.54) is 0 Å². The average molecular weight is 335 g/mol. The first-order valence-corrected chi connectivity index (χ1v) is 8.77. The van der Waals surface area contributed by atoms with Crippen LogP contribution in [0.25, 0.3) is 0 Å². The Hall–Kier alpha value is -1.66. The Kier molecular flexibility index (Phi) is 7.46. The highest BCUT2D eigenvalue weighted by molar-refractivity contribution is 5.84. The molecule has 2 rings (SSSR count). The lowest BCUT2D eigenvalue weighted by molar-refractivity contribution is -0.144. The molecule has 0 aromatic rings. The highest BCUT2D eigenvalue weighted by atomic mass is 16.5. The highest BCUT2D eigenvalue weighted by Gasteiger charge is 2.34. The Labute approximate surface area is 144 Å². The average Bonchev–Trinajstić information content (AvgIpc) is 2.62. The standard InChI is InChI=1S/C18H29N3O3/c1-3-8-19(9-4-2)17(22)15-21-10-6-5-7-16(21)18(23)20-11-13-24-14-12-20/h3-4,16H,1-2,5-15H2/t16-/m1/s1. The second kappa shape index (κ2) is 9.59. The number of ether oxygens (including phenoxy) is 1. The number of piperidine rings is 1. The smallest absolute Gasteiger partial charge is 0.240 e. The van der Waals surface area contributed by atoms with Gasteiger partial charge in [0.2, 0.25) is 11.8 Å². The summed E-state index contributed by atoms with van der Waals surface area (Å²) in [7, 11) is 0. The van der Waals surface area contributed by atoms with Gasteiger partial charge in [-0.3, -0.25) is 14.5 Å². The Morgan fingerprint density at radius 3 is 2.38 bits per heavy atom. The van der Waals surface area contributed by atoms with E-state index >= 15 is 0 Å². The number of hydrogen-bond donors (Lipinski definition) is 0. The molecule has 2 saturated heterocycles. The summed E-state index contributed by atoms with van der Waals surface area (Å²) in [6.45, 7) is 12.0. The number of likely N-dealkylation sites (tertiary alicyclic amines) is 1. The molecule has 0 aromatic heterocycles. The maximum absolute atomic E-state index is 12.8. The SMILES string of the molecule is C=CCN(CC=C)C(=O)CN1CCCC[C@@H]1C(=O)N1CCOCC1. The molecular formula is C18H29N3O3. The number of rotatable bonds is 7. The molecule has 2 fully saturated rings. The van der Waals surface area contributed by atoms with Crippen LogP contribution in [0.5, 0.6) is 0 Å². The summed E-state index contributed by atoms with van der Waals surface area (Å²) >= 11 is 0. The molecule has 2 aliphatic heterocycles. The third-order valence-corrected chi connectivity index (χ3v) is 4.61. The quantitative estimate of drug-likeness (QED) is 0.649. The second-order valence-corrected chi connectivity index (χ2v) is 6.30. The minimum atomic E-state index is -0.185. The molecule has 134 valence electrons. The number of morpholine rings is 1. The first kappa shape index (κ1) is 18.7. The van der Waals surface area contributed by atoms with Gasteiger partial charge in [0.15, 0.2) is 0 Å². The van der Waals surface area contributed by atoms with Gasteiger partial charge in [0.1, 0.15) is 0 Å². The van der Waals surface area contributed by atoms with Crippen LogP contribution >= 0.6 is 0 Å². The van der Waals surface area contributed by atoms with Gasteiger partial charge in [-0.05, 0) is 19.4 Å². The third-order valence-electron chi connectivity index (χ3n) is 4.61. The maximum atomic E-state index is 12.8. The summed E-state index contributed by atoms with van der Waals surface area (Å²) in [6.07, 6.45) is 6.33. The molecule has 0 spiro atoms. The largest absolute Gasteiger partial charge is 0.378 e. The molecule has 0 unspecified atom stereocenters. The predicted octanol–water partition coefficient (Wildman–Crippen LogP) is 0.900. The van der Waals surface area contributed by atoms with Crippen LogP contribution in [-0.2, 0) is 14.3 Å². The van der Waals surface area contributed by atoms with Crippen molar-refractivity contribution >= 4 is 11.8 Å². The van der Waals surface area contributed by atoms with E-state index < -0.39 is 0 Å². The predicted molar refractivity (Wildman–Crippen MR) is 93.6 cm³/mol. The third kappa shape index (κ3) is 4.92. The molecule has 1 atom stereocenters. The van der Waals surface area contributed by atoms with Gasteiger partial charge in [0, 0.05) is 26.2 Å². The molecule has 0 aliphatic carbocycles. The molecule has 0 bridgehead atoms. The van der Waals surface area contributed by atoms with Gasteiger partial charge in [-0.1, -0.05) is 18.6 Å². The van der Waals surface area contributed by atoms with E-state index in [1.54, 1.807) is 17.1 Å². The van der Waals surface area contributed by atoms with E-state index in [0.29, 0.717) is 39.4 Å². The fourth-order valence-corrected chi connectivity index (χ4v) is 3.32. The van der Waals surface area contributed by atoms with E-state index in [-0.39, 0.29) is 24.4 Å². The molecule has 24 heavy (non-hydrogen) atoms. The molecule has 2 aliphatic rings. The maximum Gasteiger partial charge on any atom is 0.240 e. The van der Waals surface area contributed by atoms with Crippen molar-refractivity contribution < 1.29 is 14.3 Å². The van der Waals surface area contributed by atoms with Crippen LogP contribution in [0.2, 0.25) is 0 Å². The number of hydrogen-bond acceptors (Lipinski definition) is 4. The van der Waals surface area contributed by atoms with E-state index in [4.69, 9.17) is 4.74 Å². The van der Waals surface area contributed by atoms with Crippen molar-refractivity contribution in [2.75, 3.05) is 52.5 Å². The van der Waals surface area contributed by atoms with Crippen LogP contribution in [0.4, 0.5) is 0 Å². The lowest BCUT2D eigenvalue weighted by atomic mass is 10.0. The molecule has 2 amide bonds. The molecular weight excluding hydrogens is 306 g/mol. The molecule has 6 nitrogen and oxygen atoms in total. The van der Waals surface area contributed by atoms with Gasteiger partial charge in [-0.25, -0.2) is 0 Å². The van der Waals surface area contributed by atoms with Crippen LogP contribution in [0.1, 0.15) is 19.3 Å². The zero-order valence-corrected chi connectivity index (χ0v) is 14.5. The van der Waals surface area contributed by atoms with E-state index in [9.17, 15) is 9.59 Å². The zero-order valence-electron chi connectivity index (χ0n) is 14.5. The fourth-order valence-electron chi connectivity index (χ4n) is 3.32. The first-order chi connectivity index (χ1) is 11.7. The van der Waals surface area contributed by atoms with Crippen LogP contribution < -0.4 is 0 Å². The second-order valence-electron chi connectivity index (χ2n) is 6.30. The molecule has 2 heterocycles. The molecule has 0 aromatic carbocycles. The van der Waals surface area contributed by atoms with Crippen LogP contribution in [0, 0.1) is 0 Å². The minimum Gasteiger partial charge on any atom is -0.378 e. The monoisotopic (exact) mass is 335 g/mol. The van der Waals surface area contributed by atoms with Gasteiger partial charge in [0.05, 0.1) is 25.8 Å². The van der Waals surface area contributed by atoms with Crippen LogP contribution in [0.3, 0.4) is 0 Å². The van der Waals surface area contributed by atoms with Crippen molar-refractivity contribution in [1.29, 1.82) is 0 Å². The van der Waals surface area contributed by atoms with Gasteiger partial charge < -0.3 is 14.5 Å². The van der Waals surface area contributed by atoms with Crippen molar-refractivity contribution in [2.45, 2.75) is 25.3 Å². The number of nitrogens with zero attached hydrogens (tertiary/aromatic N) is 3. The highest BCUT2D eigenvalue weighted by Crippen LogP contribution is 2.19. The normalized spacial score (nSPS) is 22.0. The lowest BCUT2D eigenvalue weighted by Crippen LogP contribution is -2.55. The first-order valence-electron chi connectivity index (χ1n) is 8.77. The summed E-state index contributed by atoms with van der Waals surface area (Å²) in [5.74, 6) is 0.168. The van der Waals surface area contributed by atoms with E-state index in [1.807, 2.05) is 9.80 Å². The number of amides is 2. The van der Waals surface area contributed by atoms with E-state index in [2.05, 4.69) is 13.2 Å². The number of carbonyl (C=O) groups is 2. The fraction of sp³-hybridized carbons (Fsp3) is 0.667. The van der Waals surface area contributed by atoms with Gasteiger partial charge in [-0.15, -0.1) is 13.2 Å². The zero-order chi connectivity index (χ0) is 17.4. The lowest BCUT2D eigenvalue weighted by Gasteiger charge is -2.39. The van der Waals surface area contributed by atoms with Crippen molar-refractivity contribution in [3.05, 3.63) is 25.3 Å². The van der Waals surface area contributed by atoms with Crippen molar-refractivity contribution in [2.24, 2.45) is 0 Å². The summed E-state index contributed by atoms with van der Waals surface area (Å²) < 4.78 is 5.33. The van der Waals surface area contributed by atoms with Crippen LogP contribution in [0.15, 0.2) is 25.3 Å². The summed E-state index contributed by atoms with van der Waals surface area (Å²) in [4.78, 5) is 31.1.